The van der Waals surface area contributed by atoms with Crippen LogP contribution in [0.2, 0.25) is 0 Å². The molecule has 0 amide bonds. The summed E-state index contributed by atoms with van der Waals surface area (Å²) in [5.74, 6) is 1.46. The first kappa shape index (κ1) is 14.0. The predicted octanol–water partition coefficient (Wildman–Crippen LogP) is 3.29. The molecule has 1 aromatic heterocycles. The summed E-state index contributed by atoms with van der Waals surface area (Å²) in [4.78, 5) is 5.62. The molecule has 0 saturated carbocycles. The van der Waals surface area contributed by atoms with Crippen molar-refractivity contribution in [3.05, 3.63) is 21.9 Å². The minimum atomic E-state index is 0.553. The number of nitrogens with two attached hydrogens (primary N) is 1. The highest BCUT2D eigenvalue weighted by atomic mass is 32.1. The highest BCUT2D eigenvalue weighted by Gasteiger charge is 2.28. The molecule has 102 valence electrons. The smallest absolute Gasteiger partial charge is 0.0413 e. The molecule has 2 heterocycles. The van der Waals surface area contributed by atoms with Crippen molar-refractivity contribution in [2.75, 3.05) is 19.6 Å². The van der Waals surface area contributed by atoms with Gasteiger partial charge in [-0.3, -0.25) is 4.90 Å². The average molecular weight is 266 g/mol. The number of hydrogen-bond donors (Lipinski definition) is 1. The number of piperidine rings is 1. The lowest BCUT2D eigenvalue weighted by Gasteiger charge is -2.39. The zero-order valence-electron chi connectivity index (χ0n) is 11.9. The molecule has 1 aromatic rings. The van der Waals surface area contributed by atoms with E-state index in [9.17, 15) is 0 Å². The molecular weight excluding hydrogens is 240 g/mol. The molecule has 1 aliphatic heterocycles. The van der Waals surface area contributed by atoms with E-state index in [4.69, 9.17) is 5.73 Å². The fourth-order valence-electron chi connectivity index (χ4n) is 2.83. The van der Waals surface area contributed by atoms with Gasteiger partial charge in [0.2, 0.25) is 0 Å². The van der Waals surface area contributed by atoms with E-state index in [0.29, 0.717) is 12.0 Å². The molecule has 1 aliphatic rings. The Morgan fingerprint density at radius 3 is 2.89 bits per heavy atom. The van der Waals surface area contributed by atoms with Crippen molar-refractivity contribution in [3.63, 3.8) is 0 Å². The Morgan fingerprint density at radius 1 is 1.50 bits per heavy atom. The Kier molecular flexibility index (Phi) is 4.82. The van der Waals surface area contributed by atoms with Gasteiger partial charge in [-0.1, -0.05) is 13.8 Å². The van der Waals surface area contributed by atoms with Gasteiger partial charge in [0.05, 0.1) is 0 Å². The Morgan fingerprint density at radius 2 is 2.28 bits per heavy atom. The van der Waals surface area contributed by atoms with Crippen LogP contribution in [0, 0.1) is 11.8 Å². The molecule has 3 unspecified atom stereocenters. The Labute approximate surface area is 115 Å². The third-order valence-electron chi connectivity index (χ3n) is 4.44. The summed E-state index contributed by atoms with van der Waals surface area (Å²) >= 11 is 1.97. The van der Waals surface area contributed by atoms with Gasteiger partial charge >= 0.3 is 0 Å². The summed E-state index contributed by atoms with van der Waals surface area (Å²) in [5.41, 5.74) is 5.90. The fourth-order valence-corrected chi connectivity index (χ4v) is 3.86. The number of aryl methyl sites for hydroxylation is 1. The van der Waals surface area contributed by atoms with Gasteiger partial charge in [0.25, 0.3) is 0 Å². The minimum Gasteiger partial charge on any atom is -0.330 e. The highest BCUT2D eigenvalue weighted by Crippen LogP contribution is 2.32. The zero-order valence-corrected chi connectivity index (χ0v) is 12.7. The molecular formula is C15H26N2S. The number of rotatable bonds is 4. The summed E-state index contributed by atoms with van der Waals surface area (Å²) < 4.78 is 0. The lowest BCUT2D eigenvalue weighted by molar-refractivity contribution is 0.0992. The van der Waals surface area contributed by atoms with Crippen LogP contribution in [0.15, 0.2) is 12.1 Å². The summed E-state index contributed by atoms with van der Waals surface area (Å²) in [5, 5.41) is 0. The van der Waals surface area contributed by atoms with E-state index in [-0.39, 0.29) is 0 Å². The predicted molar refractivity (Wildman–Crippen MR) is 80.0 cm³/mol. The van der Waals surface area contributed by atoms with Crippen LogP contribution < -0.4 is 5.73 Å². The molecule has 0 spiro atoms. The summed E-state index contributed by atoms with van der Waals surface area (Å²) in [6.07, 6.45) is 2.44. The van der Waals surface area contributed by atoms with E-state index in [2.05, 4.69) is 37.8 Å². The quantitative estimate of drug-likeness (QED) is 0.906. The van der Waals surface area contributed by atoms with Crippen LogP contribution in [0.3, 0.4) is 0 Å². The summed E-state index contributed by atoms with van der Waals surface area (Å²) in [7, 11) is 0. The molecule has 0 bridgehead atoms. The van der Waals surface area contributed by atoms with Gasteiger partial charge in [-0.15, -0.1) is 11.3 Å². The van der Waals surface area contributed by atoms with Gasteiger partial charge in [0, 0.05) is 22.3 Å². The molecule has 2 nitrogen and oxygen atoms in total. The van der Waals surface area contributed by atoms with E-state index in [1.165, 1.54) is 22.7 Å². The monoisotopic (exact) mass is 266 g/mol. The van der Waals surface area contributed by atoms with Crippen LogP contribution in [0.25, 0.3) is 0 Å². The Balaban J connectivity index is 2.02. The second-order valence-corrected chi connectivity index (χ2v) is 6.79. The highest BCUT2D eigenvalue weighted by molar-refractivity contribution is 7.12. The third-order valence-corrected chi connectivity index (χ3v) is 5.84. The van der Waals surface area contributed by atoms with E-state index in [1.54, 1.807) is 0 Å². The van der Waals surface area contributed by atoms with Gasteiger partial charge in [0.15, 0.2) is 0 Å². The maximum Gasteiger partial charge on any atom is 0.0413 e. The Bertz CT molecular complexity index is 374. The van der Waals surface area contributed by atoms with E-state index in [0.717, 1.165) is 25.4 Å². The second kappa shape index (κ2) is 6.18. The molecule has 3 heteroatoms. The van der Waals surface area contributed by atoms with E-state index < -0.39 is 0 Å². The molecule has 1 fully saturated rings. The minimum absolute atomic E-state index is 0.553. The molecule has 3 atom stereocenters. The van der Waals surface area contributed by atoms with Crippen LogP contribution in [0.1, 0.15) is 43.0 Å². The normalized spacial score (nSPS) is 27.3. The Hall–Kier alpha value is -0.380. The maximum atomic E-state index is 5.90. The van der Waals surface area contributed by atoms with Gasteiger partial charge in [-0.05, 0) is 56.8 Å². The van der Waals surface area contributed by atoms with Crippen LogP contribution in [0.4, 0.5) is 0 Å². The number of nitrogens with zero attached hydrogens (tertiary/aromatic N) is 1. The van der Waals surface area contributed by atoms with Crippen molar-refractivity contribution >= 4 is 11.3 Å². The topological polar surface area (TPSA) is 29.3 Å². The average Bonchev–Trinajstić information content (AvgIpc) is 2.87. The molecule has 0 aromatic carbocycles. The zero-order chi connectivity index (χ0) is 13.1. The number of thiophene rings is 1. The molecule has 1 saturated heterocycles. The van der Waals surface area contributed by atoms with E-state index in [1.807, 2.05) is 11.3 Å². The molecule has 2 rings (SSSR count). The molecule has 0 radical (unpaired) electrons. The number of hydrogen-bond acceptors (Lipinski definition) is 3. The summed E-state index contributed by atoms with van der Waals surface area (Å²) in [6, 6.07) is 5.14. The standard InChI is InChI=1S/C15H26N2S/c1-4-14-5-6-15(18-14)12(3)17-8-7-11(2)13(9-16)10-17/h5-6,11-13H,4,7-10,16H2,1-3H3. The van der Waals surface area contributed by atoms with E-state index >= 15 is 0 Å². The summed E-state index contributed by atoms with van der Waals surface area (Å²) in [6.45, 7) is 10.1. The molecule has 0 aliphatic carbocycles. The SMILES string of the molecule is CCc1ccc(C(C)N2CCC(C)C(CN)C2)s1. The molecule has 2 N–H and O–H groups in total. The third kappa shape index (κ3) is 2.95. The van der Waals surface area contributed by atoms with Gasteiger partial charge < -0.3 is 5.73 Å². The van der Waals surface area contributed by atoms with Crippen LogP contribution >= 0.6 is 11.3 Å². The first-order chi connectivity index (χ1) is 8.65. The van der Waals surface area contributed by atoms with Crippen LogP contribution in [-0.4, -0.2) is 24.5 Å². The van der Waals surface area contributed by atoms with Gasteiger partial charge in [-0.25, -0.2) is 0 Å². The van der Waals surface area contributed by atoms with Crippen molar-refractivity contribution in [1.82, 2.24) is 4.90 Å². The second-order valence-electron chi connectivity index (χ2n) is 5.59. The first-order valence-electron chi connectivity index (χ1n) is 7.18. The van der Waals surface area contributed by atoms with Crippen molar-refractivity contribution in [2.45, 2.75) is 39.7 Å². The van der Waals surface area contributed by atoms with Crippen molar-refractivity contribution in [2.24, 2.45) is 17.6 Å². The van der Waals surface area contributed by atoms with Crippen molar-refractivity contribution < 1.29 is 0 Å². The van der Waals surface area contributed by atoms with Crippen molar-refractivity contribution in [3.8, 4) is 0 Å². The van der Waals surface area contributed by atoms with Crippen molar-refractivity contribution in [1.29, 1.82) is 0 Å². The number of likely N-dealkylation sites (tertiary alicyclic amines) is 1. The largest absolute Gasteiger partial charge is 0.330 e. The lowest BCUT2D eigenvalue weighted by Crippen LogP contribution is -2.43. The van der Waals surface area contributed by atoms with Crippen LogP contribution in [0.5, 0.6) is 0 Å². The molecule has 18 heavy (non-hydrogen) atoms. The maximum absolute atomic E-state index is 5.90. The van der Waals surface area contributed by atoms with Crippen LogP contribution in [-0.2, 0) is 6.42 Å². The first-order valence-corrected chi connectivity index (χ1v) is 8.00. The fraction of sp³-hybridized carbons (Fsp3) is 0.733. The van der Waals surface area contributed by atoms with Gasteiger partial charge in [-0.2, -0.15) is 0 Å². The lowest BCUT2D eigenvalue weighted by atomic mass is 9.86. The van der Waals surface area contributed by atoms with Gasteiger partial charge in [0.1, 0.15) is 0 Å².